The Kier molecular flexibility index (Phi) is 6.82. The van der Waals surface area contributed by atoms with E-state index < -0.39 is 5.60 Å². The Balaban J connectivity index is 1.41. The number of alkyl carbamates (subject to hydrolysis) is 1. The maximum Gasteiger partial charge on any atom is 0.407 e. The Hall–Kier alpha value is -1.81. The van der Waals surface area contributed by atoms with Crippen molar-refractivity contribution in [2.24, 2.45) is 5.92 Å². The summed E-state index contributed by atoms with van der Waals surface area (Å²) in [7, 11) is 0. The molecule has 3 rings (SSSR count). The quantitative estimate of drug-likeness (QED) is 0.700. The zero-order valence-electron chi connectivity index (χ0n) is 17.8. The fourth-order valence-electron chi connectivity index (χ4n) is 4.21. The molecule has 4 heteroatoms. The summed E-state index contributed by atoms with van der Waals surface area (Å²) >= 11 is 0. The maximum atomic E-state index is 11.9. The van der Waals surface area contributed by atoms with Gasteiger partial charge in [-0.25, -0.2) is 4.79 Å². The standard InChI is InChI=1S/C24H36N2O2/c1-5-18(15-17-9-7-6-8-10-17)21-16-22(21)25-19-11-13-20(14-12-19)26-23(27)28-24(2,3)4/h6-10,15,19-22,25H,5,11-14,16H2,1-4H3,(H,26,27)/b18-15+/t19-,20+,21-,22+/m0/s1. The first-order valence-corrected chi connectivity index (χ1v) is 10.8. The van der Waals surface area contributed by atoms with Gasteiger partial charge in [-0.1, -0.05) is 48.9 Å². The molecule has 2 N–H and O–H groups in total. The molecule has 0 aliphatic heterocycles. The molecule has 4 nitrogen and oxygen atoms in total. The van der Waals surface area contributed by atoms with E-state index in [0.29, 0.717) is 18.0 Å². The van der Waals surface area contributed by atoms with E-state index in [4.69, 9.17) is 4.74 Å². The monoisotopic (exact) mass is 384 g/mol. The third kappa shape index (κ3) is 6.37. The van der Waals surface area contributed by atoms with Crippen LogP contribution in [-0.4, -0.2) is 29.8 Å². The topological polar surface area (TPSA) is 50.4 Å². The molecule has 1 aromatic carbocycles. The minimum Gasteiger partial charge on any atom is -0.444 e. The third-order valence-electron chi connectivity index (χ3n) is 5.72. The normalized spacial score (nSPS) is 27.9. The summed E-state index contributed by atoms with van der Waals surface area (Å²) in [4.78, 5) is 11.9. The van der Waals surface area contributed by atoms with Crippen LogP contribution in [0, 0.1) is 5.92 Å². The Bertz CT molecular complexity index is 670. The van der Waals surface area contributed by atoms with Crippen LogP contribution in [0.2, 0.25) is 0 Å². The second-order valence-electron chi connectivity index (χ2n) is 9.29. The van der Waals surface area contributed by atoms with Crippen LogP contribution in [0.15, 0.2) is 35.9 Å². The molecule has 0 spiro atoms. The van der Waals surface area contributed by atoms with E-state index in [1.165, 1.54) is 12.0 Å². The molecule has 0 heterocycles. The summed E-state index contributed by atoms with van der Waals surface area (Å²) in [5.41, 5.74) is 2.43. The first-order chi connectivity index (χ1) is 13.3. The number of hydrogen-bond donors (Lipinski definition) is 2. The molecule has 1 aromatic rings. The molecular formula is C24H36N2O2. The predicted octanol–water partition coefficient (Wildman–Crippen LogP) is 5.29. The zero-order chi connectivity index (χ0) is 20.1. The van der Waals surface area contributed by atoms with Crippen molar-refractivity contribution in [2.75, 3.05) is 0 Å². The van der Waals surface area contributed by atoms with Crippen molar-refractivity contribution in [3.63, 3.8) is 0 Å². The molecule has 2 fully saturated rings. The second kappa shape index (κ2) is 9.13. The average Bonchev–Trinajstić information content (AvgIpc) is 3.39. The Morgan fingerprint density at radius 2 is 1.75 bits per heavy atom. The smallest absolute Gasteiger partial charge is 0.407 e. The molecule has 0 unspecified atom stereocenters. The number of amides is 1. The van der Waals surface area contributed by atoms with Crippen molar-refractivity contribution < 1.29 is 9.53 Å². The molecule has 2 aliphatic carbocycles. The molecule has 0 bridgehead atoms. The molecule has 1 amide bonds. The fourth-order valence-corrected chi connectivity index (χ4v) is 4.21. The first-order valence-electron chi connectivity index (χ1n) is 10.8. The summed E-state index contributed by atoms with van der Waals surface area (Å²) in [5.74, 6) is 0.683. The molecule has 28 heavy (non-hydrogen) atoms. The molecule has 2 atom stereocenters. The van der Waals surface area contributed by atoms with Crippen molar-refractivity contribution in [2.45, 2.75) is 89.9 Å². The lowest BCUT2D eigenvalue weighted by atomic mass is 9.91. The number of carbonyl (C=O) groups is 1. The highest BCUT2D eigenvalue weighted by molar-refractivity contribution is 5.68. The van der Waals surface area contributed by atoms with Crippen LogP contribution in [0.3, 0.4) is 0 Å². The largest absolute Gasteiger partial charge is 0.444 e. The highest BCUT2D eigenvalue weighted by Gasteiger charge is 2.40. The number of hydrogen-bond acceptors (Lipinski definition) is 3. The van der Waals surface area contributed by atoms with Crippen molar-refractivity contribution in [3.05, 3.63) is 41.5 Å². The summed E-state index contributed by atoms with van der Waals surface area (Å²) in [5, 5.41) is 6.90. The fraction of sp³-hybridized carbons (Fsp3) is 0.625. The number of ether oxygens (including phenoxy) is 1. The van der Waals surface area contributed by atoms with Crippen molar-refractivity contribution in [1.82, 2.24) is 10.6 Å². The molecule has 0 radical (unpaired) electrons. The average molecular weight is 385 g/mol. The van der Waals surface area contributed by atoms with Gasteiger partial charge in [0.1, 0.15) is 5.60 Å². The number of carbonyl (C=O) groups excluding carboxylic acids is 1. The van der Waals surface area contributed by atoms with Gasteiger partial charge in [-0.15, -0.1) is 0 Å². The maximum absolute atomic E-state index is 11.9. The lowest BCUT2D eigenvalue weighted by Crippen LogP contribution is -2.44. The van der Waals surface area contributed by atoms with Crippen LogP contribution in [-0.2, 0) is 4.74 Å². The van der Waals surface area contributed by atoms with Crippen LogP contribution < -0.4 is 10.6 Å². The van der Waals surface area contributed by atoms with Gasteiger partial charge in [-0.05, 0) is 70.8 Å². The number of benzene rings is 1. The number of rotatable bonds is 6. The van der Waals surface area contributed by atoms with Crippen molar-refractivity contribution >= 4 is 12.2 Å². The Labute approximate surface area is 170 Å². The van der Waals surface area contributed by atoms with Crippen LogP contribution in [0.25, 0.3) is 6.08 Å². The minimum atomic E-state index is -0.436. The molecule has 2 saturated carbocycles. The zero-order valence-corrected chi connectivity index (χ0v) is 17.8. The van der Waals surface area contributed by atoms with E-state index in [2.05, 4.69) is 54.0 Å². The lowest BCUT2D eigenvalue weighted by molar-refractivity contribution is 0.0489. The number of nitrogens with one attached hydrogen (secondary N) is 2. The van der Waals surface area contributed by atoms with Gasteiger partial charge in [0.25, 0.3) is 0 Å². The van der Waals surface area contributed by atoms with Crippen LogP contribution in [0.4, 0.5) is 4.79 Å². The van der Waals surface area contributed by atoms with E-state index in [1.807, 2.05) is 20.8 Å². The molecule has 0 saturated heterocycles. The SMILES string of the molecule is CC/C(=C\c1ccccc1)[C@@H]1C[C@H]1N[C@H]1CC[C@@H](NC(=O)OC(C)(C)C)CC1. The van der Waals surface area contributed by atoms with Crippen LogP contribution >= 0.6 is 0 Å². The van der Waals surface area contributed by atoms with Gasteiger partial charge in [0.15, 0.2) is 0 Å². The summed E-state index contributed by atoms with van der Waals surface area (Å²) in [6.07, 6.45) is 8.73. The van der Waals surface area contributed by atoms with Crippen molar-refractivity contribution in [1.29, 1.82) is 0 Å². The Morgan fingerprint density at radius 1 is 1.11 bits per heavy atom. The highest BCUT2D eigenvalue weighted by Crippen LogP contribution is 2.40. The summed E-state index contributed by atoms with van der Waals surface area (Å²) < 4.78 is 5.37. The van der Waals surface area contributed by atoms with Gasteiger partial charge in [0.2, 0.25) is 0 Å². The molecule has 0 aromatic heterocycles. The van der Waals surface area contributed by atoms with E-state index in [-0.39, 0.29) is 12.1 Å². The summed E-state index contributed by atoms with van der Waals surface area (Å²) in [6, 6.07) is 12.1. The molecule has 154 valence electrons. The van der Waals surface area contributed by atoms with Gasteiger partial charge < -0.3 is 15.4 Å². The molecule has 2 aliphatic rings. The van der Waals surface area contributed by atoms with Gasteiger partial charge in [0.05, 0.1) is 0 Å². The lowest BCUT2D eigenvalue weighted by Gasteiger charge is -2.30. The van der Waals surface area contributed by atoms with Gasteiger partial charge >= 0.3 is 6.09 Å². The van der Waals surface area contributed by atoms with E-state index in [9.17, 15) is 4.79 Å². The second-order valence-corrected chi connectivity index (χ2v) is 9.29. The predicted molar refractivity (Wildman–Crippen MR) is 115 cm³/mol. The van der Waals surface area contributed by atoms with Gasteiger partial charge in [0, 0.05) is 18.1 Å². The van der Waals surface area contributed by atoms with Gasteiger partial charge in [-0.2, -0.15) is 0 Å². The Morgan fingerprint density at radius 3 is 2.36 bits per heavy atom. The highest BCUT2D eigenvalue weighted by atomic mass is 16.6. The molecular weight excluding hydrogens is 348 g/mol. The summed E-state index contributed by atoms with van der Waals surface area (Å²) in [6.45, 7) is 7.96. The van der Waals surface area contributed by atoms with Crippen LogP contribution in [0.5, 0.6) is 0 Å². The van der Waals surface area contributed by atoms with Crippen molar-refractivity contribution in [3.8, 4) is 0 Å². The van der Waals surface area contributed by atoms with Crippen LogP contribution in [0.1, 0.15) is 71.8 Å². The van der Waals surface area contributed by atoms with Gasteiger partial charge in [-0.3, -0.25) is 0 Å². The van der Waals surface area contributed by atoms with E-state index >= 15 is 0 Å². The minimum absolute atomic E-state index is 0.243. The van der Waals surface area contributed by atoms with E-state index in [1.54, 1.807) is 5.57 Å². The first kappa shape index (κ1) is 20.9. The third-order valence-corrected chi connectivity index (χ3v) is 5.72. The van der Waals surface area contributed by atoms with E-state index in [0.717, 1.165) is 32.1 Å².